The molecule has 0 unspecified atom stereocenters. The van der Waals surface area contributed by atoms with Gasteiger partial charge in [-0.1, -0.05) is 12.1 Å². The third-order valence-corrected chi connectivity index (χ3v) is 2.59. The smallest absolute Gasteiger partial charge is 0.335 e. The van der Waals surface area contributed by atoms with Gasteiger partial charge in [-0.05, 0) is 17.7 Å². The van der Waals surface area contributed by atoms with Crippen LogP contribution in [-0.4, -0.2) is 25.8 Å². The second-order valence-corrected chi connectivity index (χ2v) is 3.97. The van der Waals surface area contributed by atoms with Crippen molar-refractivity contribution in [1.82, 2.24) is 20.1 Å². The Kier molecular flexibility index (Phi) is 3.69. The number of nitrogens with zero attached hydrogens (tertiary/aromatic N) is 3. The van der Waals surface area contributed by atoms with Crippen LogP contribution in [0.15, 0.2) is 30.6 Å². The van der Waals surface area contributed by atoms with E-state index in [1.165, 1.54) is 0 Å². The van der Waals surface area contributed by atoms with Gasteiger partial charge in [-0.3, -0.25) is 0 Å². The average molecular weight is 246 g/mol. The average Bonchev–Trinajstić information content (AvgIpc) is 2.76. The molecule has 18 heavy (non-hydrogen) atoms. The minimum absolute atomic E-state index is 0.299. The maximum absolute atomic E-state index is 10.8. The first-order valence-electron chi connectivity index (χ1n) is 5.52. The van der Waals surface area contributed by atoms with E-state index < -0.39 is 5.97 Å². The molecule has 0 radical (unpaired) electrons. The van der Waals surface area contributed by atoms with Crippen LogP contribution in [0.4, 0.5) is 0 Å². The summed E-state index contributed by atoms with van der Waals surface area (Å²) in [6, 6.07) is 6.86. The number of aromatic carboxylic acids is 1. The van der Waals surface area contributed by atoms with E-state index in [4.69, 9.17) is 5.11 Å². The van der Waals surface area contributed by atoms with Crippen LogP contribution in [-0.2, 0) is 20.1 Å². The first-order chi connectivity index (χ1) is 8.66. The zero-order valence-corrected chi connectivity index (χ0v) is 10.00. The zero-order valence-electron chi connectivity index (χ0n) is 10.00. The summed E-state index contributed by atoms with van der Waals surface area (Å²) in [5.74, 6) is -0.0745. The van der Waals surface area contributed by atoms with Gasteiger partial charge in [0.1, 0.15) is 12.2 Å². The minimum atomic E-state index is -0.912. The normalized spacial score (nSPS) is 10.5. The van der Waals surface area contributed by atoms with Gasteiger partial charge in [0, 0.05) is 13.6 Å². The Bertz CT molecular complexity index is 551. The number of rotatable bonds is 5. The quantitative estimate of drug-likeness (QED) is 0.815. The van der Waals surface area contributed by atoms with Crippen molar-refractivity contribution in [3.8, 4) is 0 Å². The number of carbonyl (C=O) groups is 1. The van der Waals surface area contributed by atoms with Crippen molar-refractivity contribution in [3.63, 3.8) is 0 Å². The van der Waals surface area contributed by atoms with Crippen molar-refractivity contribution in [1.29, 1.82) is 0 Å². The lowest BCUT2D eigenvalue weighted by Crippen LogP contribution is -2.16. The Morgan fingerprint density at radius 2 is 2.28 bits per heavy atom. The zero-order chi connectivity index (χ0) is 13.0. The van der Waals surface area contributed by atoms with E-state index in [2.05, 4.69) is 15.5 Å². The third kappa shape index (κ3) is 2.92. The number of hydrogen-bond acceptors (Lipinski definition) is 4. The van der Waals surface area contributed by atoms with Crippen LogP contribution < -0.4 is 5.32 Å². The molecule has 1 aromatic carbocycles. The third-order valence-electron chi connectivity index (χ3n) is 2.59. The van der Waals surface area contributed by atoms with Crippen LogP contribution in [0.1, 0.15) is 21.7 Å². The summed E-state index contributed by atoms with van der Waals surface area (Å²) in [4.78, 5) is 10.8. The van der Waals surface area contributed by atoms with Gasteiger partial charge in [-0.15, -0.1) is 10.2 Å². The lowest BCUT2D eigenvalue weighted by atomic mass is 10.1. The maximum Gasteiger partial charge on any atom is 0.335 e. The molecule has 0 amide bonds. The summed E-state index contributed by atoms with van der Waals surface area (Å²) in [6.07, 6.45) is 1.64. The largest absolute Gasteiger partial charge is 0.478 e. The molecule has 6 heteroatoms. The molecule has 2 aromatic rings. The number of aryl methyl sites for hydroxylation is 1. The number of carboxylic acid groups (broad SMARTS) is 1. The summed E-state index contributed by atoms with van der Waals surface area (Å²) in [5, 5.41) is 19.8. The number of hydrogen-bond donors (Lipinski definition) is 2. The van der Waals surface area contributed by atoms with E-state index in [0.717, 1.165) is 11.4 Å². The molecule has 0 saturated heterocycles. The van der Waals surface area contributed by atoms with Crippen LogP contribution in [0, 0.1) is 0 Å². The van der Waals surface area contributed by atoms with E-state index in [1.807, 2.05) is 17.7 Å². The van der Waals surface area contributed by atoms with E-state index in [-0.39, 0.29) is 0 Å². The van der Waals surface area contributed by atoms with E-state index in [9.17, 15) is 4.79 Å². The van der Waals surface area contributed by atoms with E-state index >= 15 is 0 Å². The number of carboxylic acids is 1. The summed E-state index contributed by atoms with van der Waals surface area (Å²) in [7, 11) is 1.88. The van der Waals surface area contributed by atoms with Crippen LogP contribution in [0.3, 0.4) is 0 Å². The predicted octanol–water partition coefficient (Wildman–Crippen LogP) is 0.803. The molecule has 1 heterocycles. The Morgan fingerprint density at radius 1 is 1.44 bits per heavy atom. The molecule has 0 atom stereocenters. The molecule has 0 aliphatic rings. The van der Waals surface area contributed by atoms with Gasteiger partial charge >= 0.3 is 5.97 Å². The van der Waals surface area contributed by atoms with E-state index in [0.29, 0.717) is 18.7 Å². The standard InChI is InChI=1S/C12H14N4O2/c1-16-8-14-15-11(16)7-13-6-9-3-2-4-10(5-9)12(17)18/h2-5,8,13H,6-7H2,1H3,(H,17,18). The maximum atomic E-state index is 10.8. The number of nitrogens with one attached hydrogen (secondary N) is 1. The van der Waals surface area contributed by atoms with Crippen LogP contribution in [0.2, 0.25) is 0 Å². The van der Waals surface area contributed by atoms with E-state index in [1.54, 1.807) is 24.5 Å². The first kappa shape index (κ1) is 12.3. The lowest BCUT2D eigenvalue weighted by Gasteiger charge is -2.05. The molecule has 1 aromatic heterocycles. The number of benzene rings is 1. The van der Waals surface area contributed by atoms with Gasteiger partial charge < -0.3 is 15.0 Å². The molecule has 0 fully saturated rings. The fourth-order valence-electron chi connectivity index (χ4n) is 1.60. The molecule has 2 rings (SSSR count). The second kappa shape index (κ2) is 5.42. The lowest BCUT2D eigenvalue weighted by molar-refractivity contribution is 0.0696. The Hall–Kier alpha value is -2.21. The van der Waals surface area contributed by atoms with Crippen molar-refractivity contribution in [2.75, 3.05) is 0 Å². The van der Waals surface area contributed by atoms with Gasteiger partial charge in [-0.25, -0.2) is 4.79 Å². The topological polar surface area (TPSA) is 80.0 Å². The fourth-order valence-corrected chi connectivity index (χ4v) is 1.60. The number of aromatic nitrogens is 3. The summed E-state index contributed by atoms with van der Waals surface area (Å²) < 4.78 is 1.83. The highest BCUT2D eigenvalue weighted by Crippen LogP contribution is 2.05. The summed E-state index contributed by atoms with van der Waals surface area (Å²) >= 11 is 0. The van der Waals surface area contributed by atoms with Crippen LogP contribution in [0.5, 0.6) is 0 Å². The monoisotopic (exact) mass is 246 g/mol. The SMILES string of the molecule is Cn1cnnc1CNCc1cccc(C(=O)O)c1. The second-order valence-electron chi connectivity index (χ2n) is 3.97. The van der Waals surface area contributed by atoms with Crippen LogP contribution >= 0.6 is 0 Å². The van der Waals surface area contributed by atoms with Crippen LogP contribution in [0.25, 0.3) is 0 Å². The molecular formula is C12H14N4O2. The van der Waals surface area contributed by atoms with Crippen molar-refractivity contribution < 1.29 is 9.90 Å². The van der Waals surface area contributed by atoms with Gasteiger partial charge in [-0.2, -0.15) is 0 Å². The highest BCUT2D eigenvalue weighted by Gasteiger charge is 2.04. The van der Waals surface area contributed by atoms with Gasteiger partial charge in [0.05, 0.1) is 12.1 Å². The Labute approximate surface area is 104 Å². The van der Waals surface area contributed by atoms with Gasteiger partial charge in [0.25, 0.3) is 0 Å². The molecule has 2 N–H and O–H groups in total. The van der Waals surface area contributed by atoms with Crippen molar-refractivity contribution in [3.05, 3.63) is 47.5 Å². The molecule has 6 nitrogen and oxygen atoms in total. The molecule has 94 valence electrons. The van der Waals surface area contributed by atoms with Gasteiger partial charge in [0.15, 0.2) is 0 Å². The molecule has 0 bridgehead atoms. The molecule has 0 aliphatic heterocycles. The Balaban J connectivity index is 1.92. The highest BCUT2D eigenvalue weighted by molar-refractivity contribution is 5.87. The Morgan fingerprint density at radius 3 is 2.94 bits per heavy atom. The minimum Gasteiger partial charge on any atom is -0.478 e. The fraction of sp³-hybridized carbons (Fsp3) is 0.250. The summed E-state index contributed by atoms with van der Waals surface area (Å²) in [6.45, 7) is 1.18. The van der Waals surface area contributed by atoms with Crippen molar-refractivity contribution in [2.24, 2.45) is 7.05 Å². The van der Waals surface area contributed by atoms with Crippen molar-refractivity contribution in [2.45, 2.75) is 13.1 Å². The van der Waals surface area contributed by atoms with Gasteiger partial charge in [0.2, 0.25) is 0 Å². The molecule has 0 saturated carbocycles. The predicted molar refractivity (Wildman–Crippen MR) is 64.9 cm³/mol. The highest BCUT2D eigenvalue weighted by atomic mass is 16.4. The molecular weight excluding hydrogens is 232 g/mol. The summed E-state index contributed by atoms with van der Waals surface area (Å²) in [5.41, 5.74) is 1.23. The van der Waals surface area contributed by atoms with Crippen molar-refractivity contribution >= 4 is 5.97 Å². The molecule has 0 aliphatic carbocycles. The molecule has 0 spiro atoms. The first-order valence-corrected chi connectivity index (χ1v) is 5.52.